The van der Waals surface area contributed by atoms with Crippen molar-refractivity contribution >= 4 is 15.9 Å². The molecule has 1 unspecified atom stereocenters. The van der Waals surface area contributed by atoms with E-state index < -0.39 is 15.4 Å². The van der Waals surface area contributed by atoms with E-state index in [1.807, 2.05) is 0 Å². The zero-order valence-corrected chi connectivity index (χ0v) is 10.5. The van der Waals surface area contributed by atoms with Crippen molar-refractivity contribution in [2.24, 2.45) is 11.1 Å². The van der Waals surface area contributed by atoms with Gasteiger partial charge < -0.3 is 11.1 Å². The minimum atomic E-state index is -3.29. The fourth-order valence-corrected chi connectivity index (χ4v) is 3.33. The maximum Gasteiger partial charge on any atom is 0.227 e. The van der Waals surface area contributed by atoms with Crippen LogP contribution in [0.5, 0.6) is 0 Å². The van der Waals surface area contributed by atoms with Crippen LogP contribution in [-0.2, 0) is 14.8 Å². The number of rotatable bonds is 4. The molecule has 1 fully saturated rings. The third-order valence-electron chi connectivity index (χ3n) is 2.98. The third kappa shape index (κ3) is 2.53. The summed E-state index contributed by atoms with van der Waals surface area (Å²) in [6.45, 7) is 2.53. The van der Waals surface area contributed by atoms with Crippen LogP contribution in [0.1, 0.15) is 13.3 Å². The maximum absolute atomic E-state index is 11.7. The second kappa shape index (κ2) is 4.68. The van der Waals surface area contributed by atoms with Gasteiger partial charge in [-0.25, -0.2) is 12.7 Å². The molecule has 6 nitrogen and oxygen atoms in total. The number of carbonyl (C=O) groups excluding carboxylic acids is 1. The summed E-state index contributed by atoms with van der Waals surface area (Å²) in [6, 6.07) is 0. The van der Waals surface area contributed by atoms with Crippen molar-refractivity contribution in [3.63, 3.8) is 0 Å². The molecule has 94 valence electrons. The molecule has 0 aromatic rings. The lowest BCUT2D eigenvalue weighted by Gasteiger charge is -2.22. The van der Waals surface area contributed by atoms with Crippen LogP contribution >= 0.6 is 0 Å². The predicted molar refractivity (Wildman–Crippen MR) is 61.2 cm³/mol. The highest BCUT2D eigenvalue weighted by Gasteiger charge is 2.43. The van der Waals surface area contributed by atoms with Gasteiger partial charge in [-0.05, 0) is 13.3 Å². The van der Waals surface area contributed by atoms with Gasteiger partial charge in [-0.15, -0.1) is 0 Å². The molecule has 16 heavy (non-hydrogen) atoms. The Labute approximate surface area is 96.2 Å². The fourth-order valence-electron chi connectivity index (χ4n) is 1.92. The van der Waals surface area contributed by atoms with Gasteiger partial charge in [0.2, 0.25) is 15.9 Å². The van der Waals surface area contributed by atoms with E-state index in [4.69, 9.17) is 5.73 Å². The first-order chi connectivity index (χ1) is 7.35. The molecule has 0 aromatic heterocycles. The molecule has 7 heteroatoms. The molecule has 0 bridgehead atoms. The largest absolute Gasteiger partial charge is 0.359 e. The average Bonchev–Trinajstić information content (AvgIpc) is 2.62. The maximum atomic E-state index is 11.7. The van der Waals surface area contributed by atoms with E-state index in [-0.39, 0.29) is 24.7 Å². The highest BCUT2D eigenvalue weighted by molar-refractivity contribution is 7.89. The van der Waals surface area contributed by atoms with E-state index in [9.17, 15) is 13.2 Å². The second-order valence-electron chi connectivity index (χ2n) is 4.33. The van der Waals surface area contributed by atoms with E-state index >= 15 is 0 Å². The molecule has 0 aliphatic carbocycles. The van der Waals surface area contributed by atoms with Crippen molar-refractivity contribution in [2.75, 3.05) is 32.4 Å². The van der Waals surface area contributed by atoms with Gasteiger partial charge in [0.05, 0.1) is 11.2 Å². The lowest BCUT2D eigenvalue weighted by Crippen LogP contribution is -2.41. The van der Waals surface area contributed by atoms with E-state index in [2.05, 4.69) is 5.32 Å². The Hall–Kier alpha value is -0.660. The third-order valence-corrected chi connectivity index (χ3v) is 4.83. The van der Waals surface area contributed by atoms with Crippen LogP contribution in [0.4, 0.5) is 0 Å². The SMILES string of the molecule is CNC(=O)C1(C)CCN(S(=O)(=O)CCN)C1. The number of nitrogens with one attached hydrogen (secondary N) is 1. The first-order valence-electron chi connectivity index (χ1n) is 5.26. The first kappa shape index (κ1) is 13.4. The van der Waals surface area contributed by atoms with E-state index in [0.717, 1.165) is 0 Å². The molecule has 1 atom stereocenters. The molecule has 1 heterocycles. The number of carbonyl (C=O) groups is 1. The fraction of sp³-hybridized carbons (Fsp3) is 0.889. The number of nitrogens with two attached hydrogens (primary N) is 1. The van der Waals surface area contributed by atoms with Gasteiger partial charge in [0.1, 0.15) is 0 Å². The Bertz CT molecular complexity index is 368. The van der Waals surface area contributed by atoms with Gasteiger partial charge in [-0.1, -0.05) is 0 Å². The van der Waals surface area contributed by atoms with Crippen LogP contribution in [0.25, 0.3) is 0 Å². The quantitative estimate of drug-likeness (QED) is 0.650. The zero-order chi connectivity index (χ0) is 12.4. The summed E-state index contributed by atoms with van der Waals surface area (Å²) < 4.78 is 24.8. The Morgan fingerprint density at radius 3 is 2.69 bits per heavy atom. The van der Waals surface area contributed by atoms with Crippen LogP contribution in [0.15, 0.2) is 0 Å². The van der Waals surface area contributed by atoms with Crippen LogP contribution in [0.2, 0.25) is 0 Å². The van der Waals surface area contributed by atoms with Gasteiger partial charge in [0, 0.05) is 26.7 Å². The summed E-state index contributed by atoms with van der Waals surface area (Å²) in [7, 11) is -1.73. The molecule has 0 aromatic carbocycles. The lowest BCUT2D eigenvalue weighted by atomic mass is 9.89. The predicted octanol–water partition coefficient (Wildman–Crippen LogP) is -1.27. The first-order valence-corrected chi connectivity index (χ1v) is 6.87. The average molecular weight is 249 g/mol. The molecular weight excluding hydrogens is 230 g/mol. The number of sulfonamides is 1. The lowest BCUT2D eigenvalue weighted by molar-refractivity contribution is -0.128. The minimum Gasteiger partial charge on any atom is -0.359 e. The van der Waals surface area contributed by atoms with Crippen molar-refractivity contribution in [1.29, 1.82) is 0 Å². The summed E-state index contributed by atoms with van der Waals surface area (Å²) in [4.78, 5) is 11.6. The smallest absolute Gasteiger partial charge is 0.227 e. The van der Waals surface area contributed by atoms with Crippen molar-refractivity contribution in [1.82, 2.24) is 9.62 Å². The van der Waals surface area contributed by atoms with Crippen LogP contribution in [0, 0.1) is 5.41 Å². The van der Waals surface area contributed by atoms with Gasteiger partial charge >= 0.3 is 0 Å². The van der Waals surface area contributed by atoms with Crippen molar-refractivity contribution in [3.05, 3.63) is 0 Å². The normalized spacial score (nSPS) is 26.9. The molecule has 0 saturated carbocycles. The number of hydrogen-bond acceptors (Lipinski definition) is 4. The van der Waals surface area contributed by atoms with Crippen LogP contribution in [-0.4, -0.2) is 51.1 Å². The summed E-state index contributed by atoms with van der Waals surface area (Å²) >= 11 is 0. The molecule has 1 saturated heterocycles. The summed E-state index contributed by atoms with van der Waals surface area (Å²) in [5, 5.41) is 2.57. The molecule has 0 radical (unpaired) electrons. The van der Waals surface area contributed by atoms with Crippen molar-refractivity contribution in [3.8, 4) is 0 Å². The Balaban J connectivity index is 2.76. The molecule has 0 spiro atoms. The van der Waals surface area contributed by atoms with Gasteiger partial charge in [0.25, 0.3) is 0 Å². The number of amides is 1. The van der Waals surface area contributed by atoms with Gasteiger partial charge in [0.15, 0.2) is 0 Å². The summed E-state index contributed by atoms with van der Waals surface area (Å²) in [5.74, 6) is -0.172. The second-order valence-corrected chi connectivity index (χ2v) is 6.42. The zero-order valence-electron chi connectivity index (χ0n) is 9.69. The number of nitrogens with zero attached hydrogens (tertiary/aromatic N) is 1. The molecule has 1 aliphatic heterocycles. The van der Waals surface area contributed by atoms with Gasteiger partial charge in [-0.2, -0.15) is 0 Å². The topological polar surface area (TPSA) is 92.5 Å². The number of hydrogen-bond donors (Lipinski definition) is 2. The summed E-state index contributed by atoms with van der Waals surface area (Å²) in [6.07, 6.45) is 0.552. The highest BCUT2D eigenvalue weighted by atomic mass is 32.2. The molecule has 1 rings (SSSR count). The molecule has 3 N–H and O–H groups in total. The molecule has 1 amide bonds. The Morgan fingerprint density at radius 2 is 2.19 bits per heavy atom. The van der Waals surface area contributed by atoms with Crippen LogP contribution in [0.3, 0.4) is 0 Å². The van der Waals surface area contributed by atoms with Crippen molar-refractivity contribution in [2.45, 2.75) is 13.3 Å². The Kier molecular flexibility index (Phi) is 3.92. The monoisotopic (exact) mass is 249 g/mol. The van der Waals surface area contributed by atoms with E-state index in [0.29, 0.717) is 13.0 Å². The van der Waals surface area contributed by atoms with E-state index in [1.54, 1.807) is 14.0 Å². The Morgan fingerprint density at radius 1 is 1.56 bits per heavy atom. The van der Waals surface area contributed by atoms with E-state index in [1.165, 1.54) is 4.31 Å². The summed E-state index contributed by atoms with van der Waals surface area (Å²) in [5.41, 5.74) is 4.64. The van der Waals surface area contributed by atoms with Crippen LogP contribution < -0.4 is 11.1 Å². The molecular formula is C9H19N3O3S. The minimum absolute atomic E-state index is 0.0587. The standard InChI is InChI=1S/C9H19N3O3S/c1-9(8(13)11-2)3-5-12(7-9)16(14,15)6-4-10/h3-7,10H2,1-2H3,(H,11,13). The van der Waals surface area contributed by atoms with Gasteiger partial charge in [-0.3, -0.25) is 4.79 Å². The van der Waals surface area contributed by atoms with Crippen molar-refractivity contribution < 1.29 is 13.2 Å². The molecule has 1 aliphatic rings. The highest BCUT2D eigenvalue weighted by Crippen LogP contribution is 2.31.